The zero-order chi connectivity index (χ0) is 9.26. The van der Waals surface area contributed by atoms with E-state index in [2.05, 4.69) is 26.6 Å². The van der Waals surface area contributed by atoms with Crippen LogP contribution in [0, 0.1) is 6.92 Å². The van der Waals surface area contributed by atoms with Gasteiger partial charge < -0.3 is 5.32 Å². The second-order valence-corrected chi connectivity index (χ2v) is 3.19. The molecule has 2 heterocycles. The molecule has 0 saturated carbocycles. The van der Waals surface area contributed by atoms with E-state index in [1.54, 1.807) is 6.34 Å². The quantitative estimate of drug-likeness (QED) is 0.677. The van der Waals surface area contributed by atoms with E-state index in [4.69, 9.17) is 0 Å². The van der Waals surface area contributed by atoms with Crippen LogP contribution in [-0.2, 0) is 0 Å². The number of H-pyrrole nitrogens is 1. The second-order valence-electron chi connectivity index (χ2n) is 3.19. The molecule has 2 rings (SSSR count). The standard InChI is InChI=1S/C9H12N4/c1-6-3-8(11-5-10-6)9-4-7(2)12-13-9/h3-5,8H,1-2H3,(H,10,11)(H,12,13). The van der Waals surface area contributed by atoms with Crippen molar-refractivity contribution in [3.63, 3.8) is 0 Å². The average molecular weight is 176 g/mol. The lowest BCUT2D eigenvalue weighted by molar-refractivity contribution is 0.811. The summed E-state index contributed by atoms with van der Waals surface area (Å²) in [6, 6.07) is 2.07. The number of aromatic amines is 1. The number of nitrogens with zero attached hydrogens (tertiary/aromatic N) is 2. The summed E-state index contributed by atoms with van der Waals surface area (Å²) in [4.78, 5) is 4.27. The number of aryl methyl sites for hydroxylation is 1. The lowest BCUT2D eigenvalue weighted by atomic mass is 10.1. The maximum absolute atomic E-state index is 4.27. The Balaban J connectivity index is 2.26. The van der Waals surface area contributed by atoms with Gasteiger partial charge in [0.2, 0.25) is 0 Å². The summed E-state index contributed by atoms with van der Waals surface area (Å²) in [6.07, 6.45) is 3.76. The Labute approximate surface area is 76.8 Å². The van der Waals surface area contributed by atoms with Crippen LogP contribution in [0.1, 0.15) is 24.4 Å². The summed E-state index contributed by atoms with van der Waals surface area (Å²) in [5.41, 5.74) is 3.14. The minimum absolute atomic E-state index is 0.0613. The van der Waals surface area contributed by atoms with E-state index in [0.717, 1.165) is 17.1 Å². The Kier molecular flexibility index (Phi) is 1.88. The zero-order valence-corrected chi connectivity index (χ0v) is 7.70. The van der Waals surface area contributed by atoms with Gasteiger partial charge in [-0.3, -0.25) is 10.1 Å². The van der Waals surface area contributed by atoms with Gasteiger partial charge in [-0.05, 0) is 26.0 Å². The van der Waals surface area contributed by atoms with Gasteiger partial charge in [-0.1, -0.05) is 0 Å². The van der Waals surface area contributed by atoms with Crippen molar-refractivity contribution in [3.05, 3.63) is 29.2 Å². The van der Waals surface area contributed by atoms with E-state index >= 15 is 0 Å². The van der Waals surface area contributed by atoms with E-state index in [1.807, 2.05) is 19.9 Å². The van der Waals surface area contributed by atoms with Gasteiger partial charge in [0, 0.05) is 11.4 Å². The molecular weight excluding hydrogens is 164 g/mol. The maximum atomic E-state index is 4.27. The number of aromatic nitrogens is 2. The molecule has 0 aromatic carbocycles. The molecule has 1 aliphatic rings. The minimum Gasteiger partial charge on any atom is -0.351 e. The van der Waals surface area contributed by atoms with E-state index in [1.165, 1.54) is 0 Å². The van der Waals surface area contributed by atoms with Crippen LogP contribution in [0.25, 0.3) is 0 Å². The van der Waals surface area contributed by atoms with Crippen LogP contribution in [-0.4, -0.2) is 16.5 Å². The van der Waals surface area contributed by atoms with Crippen LogP contribution in [0.15, 0.2) is 22.8 Å². The highest BCUT2D eigenvalue weighted by atomic mass is 15.1. The fourth-order valence-electron chi connectivity index (χ4n) is 1.30. The molecule has 0 saturated heterocycles. The minimum atomic E-state index is 0.0613. The predicted molar refractivity (Wildman–Crippen MR) is 51.5 cm³/mol. The van der Waals surface area contributed by atoms with Gasteiger partial charge in [-0.25, -0.2) is 0 Å². The molecule has 0 radical (unpaired) electrons. The van der Waals surface area contributed by atoms with Crippen molar-refractivity contribution >= 4 is 6.34 Å². The van der Waals surface area contributed by atoms with Crippen LogP contribution in [0.3, 0.4) is 0 Å². The molecule has 13 heavy (non-hydrogen) atoms. The molecule has 0 fully saturated rings. The molecule has 68 valence electrons. The molecule has 1 aromatic rings. The van der Waals surface area contributed by atoms with Crippen molar-refractivity contribution in [1.82, 2.24) is 15.5 Å². The van der Waals surface area contributed by atoms with Gasteiger partial charge in [0.15, 0.2) is 0 Å². The Bertz CT molecular complexity index is 361. The second kappa shape index (κ2) is 3.05. The monoisotopic (exact) mass is 176 g/mol. The third kappa shape index (κ3) is 1.61. The smallest absolute Gasteiger partial charge is 0.115 e. The topological polar surface area (TPSA) is 53.1 Å². The highest BCUT2D eigenvalue weighted by Gasteiger charge is 2.12. The normalized spacial score (nSPS) is 21.1. The number of nitrogens with one attached hydrogen (secondary N) is 2. The van der Waals surface area contributed by atoms with Gasteiger partial charge in [0.1, 0.15) is 6.04 Å². The number of aliphatic imine (C=N–C) groups is 1. The zero-order valence-electron chi connectivity index (χ0n) is 7.70. The summed E-state index contributed by atoms with van der Waals surface area (Å²) >= 11 is 0. The SMILES string of the molecule is CC1=CC(c2cc(C)[nH]n2)N=CN1. The van der Waals surface area contributed by atoms with Crippen LogP contribution < -0.4 is 5.32 Å². The Hall–Kier alpha value is -1.58. The lowest BCUT2D eigenvalue weighted by Crippen LogP contribution is -2.14. The first-order valence-electron chi connectivity index (χ1n) is 4.24. The molecule has 1 unspecified atom stereocenters. The fraction of sp³-hybridized carbons (Fsp3) is 0.333. The van der Waals surface area contributed by atoms with Gasteiger partial charge in [0.05, 0.1) is 12.0 Å². The molecular formula is C9H12N4. The van der Waals surface area contributed by atoms with Crippen molar-refractivity contribution in [1.29, 1.82) is 0 Å². The van der Waals surface area contributed by atoms with Crippen molar-refractivity contribution in [2.24, 2.45) is 4.99 Å². The number of allylic oxidation sites excluding steroid dienone is 1. The summed E-state index contributed by atoms with van der Waals surface area (Å²) in [6.45, 7) is 4.00. The number of rotatable bonds is 1. The third-order valence-corrected chi connectivity index (χ3v) is 1.96. The molecule has 2 N–H and O–H groups in total. The molecule has 4 heteroatoms. The van der Waals surface area contributed by atoms with Gasteiger partial charge >= 0.3 is 0 Å². The van der Waals surface area contributed by atoms with Crippen molar-refractivity contribution < 1.29 is 0 Å². The van der Waals surface area contributed by atoms with Crippen molar-refractivity contribution in [2.75, 3.05) is 0 Å². The Morgan fingerprint density at radius 1 is 1.38 bits per heavy atom. The third-order valence-electron chi connectivity index (χ3n) is 1.96. The van der Waals surface area contributed by atoms with E-state index in [-0.39, 0.29) is 6.04 Å². The van der Waals surface area contributed by atoms with E-state index in [9.17, 15) is 0 Å². The van der Waals surface area contributed by atoms with Crippen LogP contribution >= 0.6 is 0 Å². The van der Waals surface area contributed by atoms with Gasteiger partial charge in [0.25, 0.3) is 0 Å². The lowest BCUT2D eigenvalue weighted by Gasteiger charge is -2.11. The summed E-state index contributed by atoms with van der Waals surface area (Å²) in [7, 11) is 0. The van der Waals surface area contributed by atoms with Gasteiger partial charge in [-0.15, -0.1) is 0 Å². The summed E-state index contributed by atoms with van der Waals surface area (Å²) in [5, 5.41) is 10.1. The van der Waals surface area contributed by atoms with Crippen LogP contribution in [0.2, 0.25) is 0 Å². The van der Waals surface area contributed by atoms with Gasteiger partial charge in [-0.2, -0.15) is 5.10 Å². The average Bonchev–Trinajstić information content (AvgIpc) is 2.52. The fourth-order valence-corrected chi connectivity index (χ4v) is 1.30. The maximum Gasteiger partial charge on any atom is 0.115 e. The summed E-state index contributed by atoms with van der Waals surface area (Å²) < 4.78 is 0. The predicted octanol–water partition coefficient (Wildman–Crippen LogP) is 1.29. The summed E-state index contributed by atoms with van der Waals surface area (Å²) in [5.74, 6) is 0. The molecule has 0 amide bonds. The Morgan fingerprint density at radius 2 is 2.23 bits per heavy atom. The van der Waals surface area contributed by atoms with Crippen LogP contribution in [0.4, 0.5) is 0 Å². The molecule has 0 aliphatic carbocycles. The van der Waals surface area contributed by atoms with E-state index in [0.29, 0.717) is 0 Å². The van der Waals surface area contributed by atoms with E-state index < -0.39 is 0 Å². The Morgan fingerprint density at radius 3 is 2.85 bits per heavy atom. The first kappa shape index (κ1) is 8.04. The van der Waals surface area contributed by atoms with Crippen molar-refractivity contribution in [3.8, 4) is 0 Å². The van der Waals surface area contributed by atoms with Crippen molar-refractivity contribution in [2.45, 2.75) is 19.9 Å². The molecule has 0 bridgehead atoms. The highest BCUT2D eigenvalue weighted by Crippen LogP contribution is 2.19. The molecule has 1 aliphatic heterocycles. The largest absolute Gasteiger partial charge is 0.351 e. The number of hydrogen-bond acceptors (Lipinski definition) is 3. The molecule has 1 aromatic heterocycles. The van der Waals surface area contributed by atoms with Crippen LogP contribution in [0.5, 0.6) is 0 Å². The number of hydrogen-bond donors (Lipinski definition) is 2. The molecule has 1 atom stereocenters. The first-order valence-corrected chi connectivity index (χ1v) is 4.24. The molecule has 0 spiro atoms. The molecule has 4 nitrogen and oxygen atoms in total. The first-order chi connectivity index (χ1) is 6.25. The highest BCUT2D eigenvalue weighted by molar-refractivity contribution is 5.60.